The van der Waals surface area contributed by atoms with E-state index in [4.69, 9.17) is 4.74 Å². The van der Waals surface area contributed by atoms with Gasteiger partial charge in [0.05, 0.1) is 21.5 Å². The summed E-state index contributed by atoms with van der Waals surface area (Å²) in [6.07, 6.45) is 0.640. The van der Waals surface area contributed by atoms with E-state index >= 15 is 0 Å². The number of cyclic esters (lactones) is 1. The lowest BCUT2D eigenvalue weighted by molar-refractivity contribution is -0.394. The van der Waals surface area contributed by atoms with Crippen molar-refractivity contribution in [1.29, 1.82) is 0 Å². The summed E-state index contributed by atoms with van der Waals surface area (Å²) in [6.45, 7) is 0. The number of hydrogen-bond donors (Lipinski definition) is 0. The molecule has 2 rings (SSSR count). The first kappa shape index (κ1) is 12.9. The number of esters is 1. The van der Waals surface area contributed by atoms with Crippen molar-refractivity contribution < 1.29 is 19.4 Å². The number of carbonyl (C=O) groups excluding carboxylic acids is 1. The first-order valence-corrected chi connectivity index (χ1v) is 5.61. The van der Waals surface area contributed by atoms with Crippen molar-refractivity contribution in [3.8, 4) is 0 Å². The molecule has 8 nitrogen and oxygen atoms in total. The van der Waals surface area contributed by atoms with Crippen LogP contribution in [0.1, 0.15) is 30.9 Å². The van der Waals surface area contributed by atoms with Crippen LogP contribution in [0, 0.1) is 20.2 Å². The minimum absolute atomic E-state index is 0.198. The largest absolute Gasteiger partial charge is 0.457 e. The molecule has 1 atom stereocenters. The van der Waals surface area contributed by atoms with Crippen molar-refractivity contribution in [2.45, 2.75) is 25.4 Å². The summed E-state index contributed by atoms with van der Waals surface area (Å²) in [5.74, 6) is -0.413. The highest BCUT2D eigenvalue weighted by Gasteiger charge is 2.30. The van der Waals surface area contributed by atoms with Crippen molar-refractivity contribution in [2.75, 3.05) is 0 Å². The molecule has 1 aliphatic heterocycles. The van der Waals surface area contributed by atoms with Crippen LogP contribution in [-0.4, -0.2) is 15.8 Å². The summed E-state index contributed by atoms with van der Waals surface area (Å²) < 4.78 is 5.05. The minimum atomic E-state index is -0.706. The molecule has 8 heteroatoms. The van der Waals surface area contributed by atoms with Crippen LogP contribution in [0.25, 0.3) is 0 Å². The molecule has 0 spiro atoms. The summed E-state index contributed by atoms with van der Waals surface area (Å²) in [7, 11) is 0. The summed E-state index contributed by atoms with van der Waals surface area (Å²) >= 11 is 0. The lowest BCUT2D eigenvalue weighted by Gasteiger charge is -2.22. The van der Waals surface area contributed by atoms with Gasteiger partial charge < -0.3 is 4.74 Å². The molecule has 1 aliphatic rings. The molecule has 1 saturated heterocycles. The van der Waals surface area contributed by atoms with Crippen LogP contribution >= 0.6 is 0 Å². The predicted octanol–water partition coefficient (Wildman–Crippen LogP) is 2.27. The summed E-state index contributed by atoms with van der Waals surface area (Å²) in [5, 5.41) is 21.6. The number of benzene rings is 1. The summed E-state index contributed by atoms with van der Waals surface area (Å²) in [4.78, 5) is 31.4. The molecular formula is C11H10N2O6. The average molecular weight is 266 g/mol. The van der Waals surface area contributed by atoms with Crippen molar-refractivity contribution >= 4 is 17.3 Å². The standard InChI is InChI=1S/C11H10N2O6/c14-11-3-1-2-10(19-11)8-5-4-7(12(15)16)6-9(8)13(17)18/h4-6,10H,1-3H2. The van der Waals surface area contributed by atoms with Gasteiger partial charge in [-0.05, 0) is 18.9 Å². The van der Waals surface area contributed by atoms with E-state index in [2.05, 4.69) is 0 Å². The van der Waals surface area contributed by atoms with Gasteiger partial charge in [-0.3, -0.25) is 25.0 Å². The molecule has 0 amide bonds. The molecule has 0 radical (unpaired) electrons. The molecule has 1 fully saturated rings. The Morgan fingerprint density at radius 1 is 1.21 bits per heavy atom. The number of hydrogen-bond acceptors (Lipinski definition) is 6. The Morgan fingerprint density at radius 3 is 2.53 bits per heavy atom. The van der Waals surface area contributed by atoms with E-state index in [-0.39, 0.29) is 17.7 Å². The highest BCUT2D eigenvalue weighted by atomic mass is 16.6. The van der Waals surface area contributed by atoms with E-state index in [9.17, 15) is 25.0 Å². The Bertz CT molecular complexity index is 556. The Hall–Kier alpha value is -2.51. The zero-order chi connectivity index (χ0) is 14.0. The SMILES string of the molecule is O=C1CCCC(c2ccc([N+](=O)[O-])cc2[N+](=O)[O-])O1. The summed E-state index contributed by atoms with van der Waals surface area (Å²) in [6, 6.07) is 3.34. The number of nitro benzene ring substituents is 2. The minimum Gasteiger partial charge on any atom is -0.457 e. The Kier molecular flexibility index (Phi) is 3.41. The van der Waals surface area contributed by atoms with E-state index in [1.807, 2.05) is 0 Å². The zero-order valence-electron chi connectivity index (χ0n) is 9.77. The number of nitrogens with zero attached hydrogens (tertiary/aromatic N) is 2. The monoisotopic (exact) mass is 266 g/mol. The molecule has 1 aromatic rings. The first-order valence-electron chi connectivity index (χ1n) is 5.61. The van der Waals surface area contributed by atoms with Gasteiger partial charge in [-0.25, -0.2) is 0 Å². The molecule has 0 aliphatic carbocycles. The van der Waals surface area contributed by atoms with Crippen LogP contribution in [0.4, 0.5) is 11.4 Å². The van der Waals surface area contributed by atoms with Crippen molar-refractivity contribution in [1.82, 2.24) is 0 Å². The molecule has 19 heavy (non-hydrogen) atoms. The van der Waals surface area contributed by atoms with E-state index < -0.39 is 27.6 Å². The maximum absolute atomic E-state index is 11.2. The van der Waals surface area contributed by atoms with Gasteiger partial charge in [0, 0.05) is 12.5 Å². The highest BCUT2D eigenvalue weighted by molar-refractivity contribution is 5.70. The normalized spacial score (nSPS) is 18.7. The fraction of sp³-hybridized carbons (Fsp3) is 0.364. The zero-order valence-corrected chi connectivity index (χ0v) is 9.77. The van der Waals surface area contributed by atoms with Gasteiger partial charge in [-0.1, -0.05) is 0 Å². The molecule has 100 valence electrons. The van der Waals surface area contributed by atoms with Crippen LogP contribution in [0.3, 0.4) is 0 Å². The number of rotatable bonds is 3. The van der Waals surface area contributed by atoms with Crippen molar-refractivity contribution in [3.63, 3.8) is 0 Å². The van der Waals surface area contributed by atoms with Gasteiger partial charge in [0.15, 0.2) is 0 Å². The molecule has 0 N–H and O–H groups in total. The first-order chi connectivity index (χ1) is 8.99. The van der Waals surface area contributed by atoms with Gasteiger partial charge in [0.1, 0.15) is 6.10 Å². The molecule has 0 bridgehead atoms. The molecule has 0 saturated carbocycles. The lowest BCUT2D eigenvalue weighted by Crippen LogP contribution is -2.18. The molecule has 1 aromatic carbocycles. The fourth-order valence-corrected chi connectivity index (χ4v) is 2.00. The second-order valence-electron chi connectivity index (χ2n) is 4.13. The molecule has 0 aromatic heterocycles. The van der Waals surface area contributed by atoms with Gasteiger partial charge in [-0.2, -0.15) is 0 Å². The molecule has 1 unspecified atom stereocenters. The quantitative estimate of drug-likeness (QED) is 0.471. The van der Waals surface area contributed by atoms with Crippen molar-refractivity contribution in [3.05, 3.63) is 44.0 Å². The predicted molar refractivity (Wildman–Crippen MR) is 62.4 cm³/mol. The molecule has 1 heterocycles. The lowest BCUT2D eigenvalue weighted by atomic mass is 9.99. The average Bonchev–Trinajstić information content (AvgIpc) is 2.37. The fourth-order valence-electron chi connectivity index (χ4n) is 2.00. The number of ether oxygens (including phenoxy) is 1. The maximum Gasteiger partial charge on any atom is 0.306 e. The molecular weight excluding hydrogens is 256 g/mol. The van der Waals surface area contributed by atoms with Crippen LogP contribution in [0.15, 0.2) is 18.2 Å². The van der Waals surface area contributed by atoms with Gasteiger partial charge in [-0.15, -0.1) is 0 Å². The van der Waals surface area contributed by atoms with Crippen LogP contribution in [-0.2, 0) is 9.53 Å². The van der Waals surface area contributed by atoms with Crippen LogP contribution in [0.5, 0.6) is 0 Å². The third kappa shape index (κ3) is 2.67. The Balaban J connectivity index is 2.41. The third-order valence-electron chi connectivity index (χ3n) is 2.89. The number of non-ortho nitro benzene ring substituents is 1. The number of carbonyl (C=O) groups is 1. The van der Waals surface area contributed by atoms with E-state index in [1.165, 1.54) is 12.1 Å². The van der Waals surface area contributed by atoms with Gasteiger partial charge in [0.25, 0.3) is 11.4 Å². The Labute approximate surface area is 107 Å². The smallest absolute Gasteiger partial charge is 0.306 e. The highest BCUT2D eigenvalue weighted by Crippen LogP contribution is 2.36. The summed E-state index contributed by atoms with van der Waals surface area (Å²) in [5.41, 5.74) is -0.560. The maximum atomic E-state index is 11.2. The topological polar surface area (TPSA) is 113 Å². The van der Waals surface area contributed by atoms with Gasteiger partial charge in [0.2, 0.25) is 0 Å². The second kappa shape index (κ2) is 5.01. The van der Waals surface area contributed by atoms with Crippen molar-refractivity contribution in [2.24, 2.45) is 0 Å². The van der Waals surface area contributed by atoms with Crippen LogP contribution in [0.2, 0.25) is 0 Å². The van der Waals surface area contributed by atoms with E-state index in [0.717, 1.165) is 6.07 Å². The van der Waals surface area contributed by atoms with Crippen LogP contribution < -0.4 is 0 Å². The Morgan fingerprint density at radius 2 is 1.95 bits per heavy atom. The third-order valence-corrected chi connectivity index (χ3v) is 2.89. The van der Waals surface area contributed by atoms with E-state index in [0.29, 0.717) is 12.8 Å². The van der Waals surface area contributed by atoms with E-state index in [1.54, 1.807) is 0 Å². The second-order valence-corrected chi connectivity index (χ2v) is 4.13. The van der Waals surface area contributed by atoms with Gasteiger partial charge >= 0.3 is 5.97 Å². The number of nitro groups is 2.